The molecule has 2 N–H and O–H groups in total. The smallest absolute Gasteiger partial charge is 0.213 e. The van der Waals surface area contributed by atoms with Gasteiger partial charge in [0, 0.05) is 37.4 Å². The molecule has 0 radical (unpaired) electrons. The van der Waals surface area contributed by atoms with Gasteiger partial charge in [-0.3, -0.25) is 4.99 Å². The number of rotatable bonds is 7. The van der Waals surface area contributed by atoms with Crippen molar-refractivity contribution in [3.05, 3.63) is 58.7 Å². The molecule has 0 amide bonds. The molecule has 1 saturated carbocycles. The minimum Gasteiger partial charge on any atom is -0.477 e. The fraction of sp³-hybridized carbons (Fsp3) is 0.368. The summed E-state index contributed by atoms with van der Waals surface area (Å²) in [6, 6.07) is 11.7. The maximum Gasteiger partial charge on any atom is 0.213 e. The monoisotopic (exact) mass is 486 g/mol. The van der Waals surface area contributed by atoms with Crippen LogP contribution in [0, 0.1) is 5.92 Å². The average Bonchev–Trinajstić information content (AvgIpc) is 3.46. The second-order valence-corrected chi connectivity index (χ2v) is 6.60. The molecule has 7 heteroatoms. The van der Waals surface area contributed by atoms with Crippen LogP contribution >= 0.6 is 35.6 Å². The molecule has 1 aromatic carbocycles. The van der Waals surface area contributed by atoms with E-state index in [4.69, 9.17) is 16.3 Å². The van der Waals surface area contributed by atoms with Gasteiger partial charge < -0.3 is 15.4 Å². The zero-order valence-electron chi connectivity index (χ0n) is 14.7. The lowest BCUT2D eigenvalue weighted by atomic mass is 10.2. The summed E-state index contributed by atoms with van der Waals surface area (Å²) in [5.41, 5.74) is 2.25. The molecule has 26 heavy (non-hydrogen) atoms. The van der Waals surface area contributed by atoms with Gasteiger partial charge in [0.2, 0.25) is 5.88 Å². The molecule has 1 fully saturated rings. The van der Waals surface area contributed by atoms with Gasteiger partial charge in [-0.05, 0) is 48.1 Å². The highest BCUT2D eigenvalue weighted by Crippen LogP contribution is 2.29. The van der Waals surface area contributed by atoms with Crippen molar-refractivity contribution in [2.45, 2.75) is 25.9 Å². The van der Waals surface area contributed by atoms with Gasteiger partial charge in [-0.1, -0.05) is 23.7 Å². The summed E-state index contributed by atoms with van der Waals surface area (Å²) in [4.78, 5) is 8.51. The molecule has 140 valence electrons. The highest BCUT2D eigenvalue weighted by molar-refractivity contribution is 14.0. The van der Waals surface area contributed by atoms with E-state index in [-0.39, 0.29) is 24.0 Å². The van der Waals surface area contributed by atoms with Gasteiger partial charge in [0.15, 0.2) is 5.96 Å². The Morgan fingerprint density at radius 3 is 2.50 bits per heavy atom. The van der Waals surface area contributed by atoms with Crippen LogP contribution < -0.4 is 15.4 Å². The predicted molar refractivity (Wildman–Crippen MR) is 116 cm³/mol. The Morgan fingerprint density at radius 2 is 1.85 bits per heavy atom. The molecule has 2 aromatic rings. The second-order valence-electron chi connectivity index (χ2n) is 6.16. The Kier molecular flexibility index (Phi) is 8.44. The van der Waals surface area contributed by atoms with Crippen molar-refractivity contribution in [2.24, 2.45) is 10.9 Å². The van der Waals surface area contributed by atoms with E-state index in [9.17, 15) is 0 Å². The van der Waals surface area contributed by atoms with E-state index in [0.717, 1.165) is 34.6 Å². The number of aliphatic imine (C=N–C) groups is 1. The molecule has 0 aliphatic heterocycles. The first-order chi connectivity index (χ1) is 12.2. The number of benzene rings is 1. The van der Waals surface area contributed by atoms with Crippen LogP contribution in [0.1, 0.15) is 24.0 Å². The first-order valence-electron chi connectivity index (χ1n) is 8.49. The van der Waals surface area contributed by atoms with E-state index in [2.05, 4.69) is 20.6 Å². The van der Waals surface area contributed by atoms with E-state index in [1.165, 1.54) is 12.8 Å². The molecule has 0 unspecified atom stereocenters. The van der Waals surface area contributed by atoms with E-state index in [0.29, 0.717) is 19.0 Å². The SMILES string of the molecule is CN=C(NCc1ccc(Cl)cc1)NCc1ccnc(OCC2CC2)c1.I. The number of ether oxygens (including phenoxy) is 1. The van der Waals surface area contributed by atoms with Crippen molar-refractivity contribution in [3.63, 3.8) is 0 Å². The highest BCUT2D eigenvalue weighted by Gasteiger charge is 2.22. The molecule has 1 aromatic heterocycles. The van der Waals surface area contributed by atoms with Crippen molar-refractivity contribution in [2.75, 3.05) is 13.7 Å². The summed E-state index contributed by atoms with van der Waals surface area (Å²) in [7, 11) is 1.76. The van der Waals surface area contributed by atoms with Gasteiger partial charge in [0.25, 0.3) is 0 Å². The molecular formula is C19H24ClIN4O. The quantitative estimate of drug-likeness (QED) is 0.353. The van der Waals surface area contributed by atoms with Crippen LogP contribution in [0.4, 0.5) is 0 Å². The molecule has 0 saturated heterocycles. The van der Waals surface area contributed by atoms with Crippen LogP contribution in [0.3, 0.4) is 0 Å². The fourth-order valence-corrected chi connectivity index (χ4v) is 2.45. The summed E-state index contributed by atoms with van der Waals surface area (Å²) in [5.74, 6) is 2.15. The predicted octanol–water partition coefficient (Wildman–Crippen LogP) is 4.01. The largest absolute Gasteiger partial charge is 0.477 e. The Bertz CT molecular complexity index is 720. The Balaban J connectivity index is 0.00000243. The molecule has 5 nitrogen and oxygen atoms in total. The van der Waals surface area contributed by atoms with E-state index in [1.54, 1.807) is 13.2 Å². The van der Waals surface area contributed by atoms with Gasteiger partial charge >= 0.3 is 0 Å². The minimum absolute atomic E-state index is 0. The number of nitrogens with one attached hydrogen (secondary N) is 2. The van der Waals surface area contributed by atoms with Crippen LogP contribution in [-0.4, -0.2) is 24.6 Å². The summed E-state index contributed by atoms with van der Waals surface area (Å²) in [5, 5.41) is 7.33. The van der Waals surface area contributed by atoms with Crippen LogP contribution in [0.15, 0.2) is 47.6 Å². The van der Waals surface area contributed by atoms with Crippen LogP contribution in [0.2, 0.25) is 5.02 Å². The van der Waals surface area contributed by atoms with Crippen molar-refractivity contribution in [1.82, 2.24) is 15.6 Å². The lowest BCUT2D eigenvalue weighted by Gasteiger charge is -2.12. The summed E-state index contributed by atoms with van der Waals surface area (Å²) < 4.78 is 5.72. The summed E-state index contributed by atoms with van der Waals surface area (Å²) in [6.07, 6.45) is 4.33. The molecule has 3 rings (SSSR count). The third-order valence-electron chi connectivity index (χ3n) is 4.02. The fourth-order valence-electron chi connectivity index (χ4n) is 2.32. The lowest BCUT2D eigenvalue weighted by molar-refractivity contribution is 0.288. The topological polar surface area (TPSA) is 58.5 Å². The van der Waals surface area contributed by atoms with Gasteiger partial charge in [0.1, 0.15) is 0 Å². The Hall–Kier alpha value is -1.54. The maximum atomic E-state index is 5.90. The third kappa shape index (κ3) is 6.99. The maximum absolute atomic E-state index is 5.90. The number of aromatic nitrogens is 1. The number of hydrogen-bond acceptors (Lipinski definition) is 3. The van der Waals surface area contributed by atoms with Crippen LogP contribution in [0.25, 0.3) is 0 Å². The van der Waals surface area contributed by atoms with Gasteiger partial charge in [-0.15, -0.1) is 24.0 Å². The molecular weight excluding hydrogens is 463 g/mol. The third-order valence-corrected chi connectivity index (χ3v) is 4.27. The Labute approximate surface area is 176 Å². The van der Waals surface area contributed by atoms with Gasteiger partial charge in [-0.2, -0.15) is 0 Å². The number of pyridine rings is 1. The zero-order valence-corrected chi connectivity index (χ0v) is 17.8. The van der Waals surface area contributed by atoms with Crippen LogP contribution in [-0.2, 0) is 13.1 Å². The number of halogens is 2. The molecule has 0 atom stereocenters. The number of nitrogens with zero attached hydrogens (tertiary/aromatic N) is 2. The molecule has 1 aliphatic carbocycles. The molecule has 0 bridgehead atoms. The van der Waals surface area contributed by atoms with E-state index >= 15 is 0 Å². The van der Waals surface area contributed by atoms with Gasteiger partial charge in [0.05, 0.1) is 6.61 Å². The standard InChI is InChI=1S/C19H23ClN4O.HI/c1-21-19(23-11-14-4-6-17(20)7-5-14)24-12-16-8-9-22-18(10-16)25-13-15-2-3-15;/h4-10,15H,2-3,11-13H2,1H3,(H2,21,23,24);1H. The Morgan fingerprint density at radius 1 is 1.15 bits per heavy atom. The zero-order chi connectivity index (χ0) is 17.5. The minimum atomic E-state index is 0. The first kappa shape index (κ1) is 20.8. The first-order valence-corrected chi connectivity index (χ1v) is 8.87. The van der Waals surface area contributed by atoms with Crippen molar-refractivity contribution >= 4 is 41.5 Å². The number of hydrogen-bond donors (Lipinski definition) is 2. The summed E-state index contributed by atoms with van der Waals surface area (Å²) >= 11 is 5.90. The molecule has 0 spiro atoms. The van der Waals surface area contributed by atoms with E-state index in [1.807, 2.05) is 36.4 Å². The second kappa shape index (κ2) is 10.6. The molecule has 1 heterocycles. The van der Waals surface area contributed by atoms with Crippen LogP contribution in [0.5, 0.6) is 5.88 Å². The van der Waals surface area contributed by atoms with E-state index < -0.39 is 0 Å². The van der Waals surface area contributed by atoms with Gasteiger partial charge in [-0.25, -0.2) is 4.98 Å². The highest BCUT2D eigenvalue weighted by atomic mass is 127. The molecule has 1 aliphatic rings. The average molecular weight is 487 g/mol. The van der Waals surface area contributed by atoms with Crippen molar-refractivity contribution in [1.29, 1.82) is 0 Å². The lowest BCUT2D eigenvalue weighted by Crippen LogP contribution is -2.36. The number of guanidine groups is 1. The normalized spacial score (nSPS) is 13.7. The van der Waals surface area contributed by atoms with Crippen molar-refractivity contribution < 1.29 is 4.74 Å². The van der Waals surface area contributed by atoms with Crippen molar-refractivity contribution in [3.8, 4) is 5.88 Å². The summed E-state index contributed by atoms with van der Waals surface area (Å²) in [6.45, 7) is 2.11.